The Morgan fingerprint density at radius 1 is 1.00 bits per heavy atom. The van der Waals surface area contributed by atoms with Gasteiger partial charge in [0.05, 0.1) is 0 Å². The first-order chi connectivity index (χ1) is 9.79. The number of nitrogens with zero attached hydrogens (tertiary/aromatic N) is 2. The quantitative estimate of drug-likeness (QED) is 0.727. The van der Waals surface area contributed by atoms with E-state index in [1.165, 1.54) is 77.7 Å². The Morgan fingerprint density at radius 2 is 1.90 bits per heavy atom. The Morgan fingerprint density at radius 3 is 2.70 bits per heavy atom. The van der Waals surface area contributed by atoms with Crippen molar-refractivity contribution in [2.45, 2.75) is 64.3 Å². The third kappa shape index (κ3) is 5.34. The van der Waals surface area contributed by atoms with Gasteiger partial charge in [0.25, 0.3) is 0 Å². The molecule has 118 valence electrons. The van der Waals surface area contributed by atoms with Gasteiger partial charge >= 0.3 is 0 Å². The second kappa shape index (κ2) is 9.01. The standard InChI is InChI=1S/C17H34N2O/c1-16-8-3-5-12-19(16)15-17-9-7-11-18(14-17)10-4-2-6-13-20/h16-17,20H,2-15H2,1H3/t16-,17-/m0/s1. The number of aliphatic hydroxyl groups excluding tert-OH is 1. The lowest BCUT2D eigenvalue weighted by Crippen LogP contribution is -2.45. The number of hydrogen-bond donors (Lipinski definition) is 1. The molecule has 0 aliphatic carbocycles. The molecule has 3 nitrogen and oxygen atoms in total. The second-order valence-corrected chi connectivity index (χ2v) is 6.93. The monoisotopic (exact) mass is 282 g/mol. The van der Waals surface area contributed by atoms with Crippen LogP contribution in [0.3, 0.4) is 0 Å². The minimum Gasteiger partial charge on any atom is -0.396 e. The van der Waals surface area contributed by atoms with E-state index in [9.17, 15) is 0 Å². The van der Waals surface area contributed by atoms with Gasteiger partial charge in [-0.05, 0) is 77.4 Å². The fourth-order valence-corrected chi connectivity index (χ4v) is 3.89. The normalized spacial score (nSPS) is 29.7. The third-order valence-electron chi connectivity index (χ3n) is 5.17. The van der Waals surface area contributed by atoms with Gasteiger partial charge in [-0.25, -0.2) is 0 Å². The summed E-state index contributed by atoms with van der Waals surface area (Å²) >= 11 is 0. The van der Waals surface area contributed by atoms with Gasteiger partial charge in [-0.2, -0.15) is 0 Å². The van der Waals surface area contributed by atoms with E-state index < -0.39 is 0 Å². The first kappa shape index (κ1) is 16.3. The van der Waals surface area contributed by atoms with Gasteiger partial charge < -0.3 is 14.9 Å². The van der Waals surface area contributed by atoms with E-state index in [1.54, 1.807) is 0 Å². The van der Waals surface area contributed by atoms with Crippen LogP contribution in [-0.2, 0) is 0 Å². The van der Waals surface area contributed by atoms with E-state index in [-0.39, 0.29) is 0 Å². The molecule has 3 heteroatoms. The fourth-order valence-electron chi connectivity index (χ4n) is 3.89. The Labute approximate surface area is 125 Å². The van der Waals surface area contributed by atoms with Crippen molar-refractivity contribution in [1.29, 1.82) is 0 Å². The van der Waals surface area contributed by atoms with E-state index in [0.717, 1.165) is 18.4 Å². The zero-order valence-electron chi connectivity index (χ0n) is 13.4. The first-order valence-corrected chi connectivity index (χ1v) is 8.87. The number of rotatable bonds is 7. The number of unbranched alkanes of at least 4 members (excludes halogenated alkanes) is 2. The van der Waals surface area contributed by atoms with Gasteiger partial charge in [0.2, 0.25) is 0 Å². The molecule has 2 heterocycles. The molecule has 0 aromatic heterocycles. The molecule has 2 rings (SSSR count). The molecule has 2 saturated heterocycles. The van der Waals surface area contributed by atoms with Crippen LogP contribution >= 0.6 is 0 Å². The molecule has 1 N–H and O–H groups in total. The maximum atomic E-state index is 8.83. The molecule has 2 fully saturated rings. The van der Waals surface area contributed by atoms with E-state index in [0.29, 0.717) is 6.61 Å². The molecule has 20 heavy (non-hydrogen) atoms. The predicted octanol–water partition coefficient (Wildman–Crippen LogP) is 2.74. The summed E-state index contributed by atoms with van der Waals surface area (Å²) in [5.41, 5.74) is 0. The first-order valence-electron chi connectivity index (χ1n) is 8.87. The Balaban J connectivity index is 1.67. The number of aliphatic hydroxyl groups is 1. The van der Waals surface area contributed by atoms with Crippen molar-refractivity contribution < 1.29 is 5.11 Å². The lowest BCUT2D eigenvalue weighted by molar-refractivity contribution is 0.0931. The summed E-state index contributed by atoms with van der Waals surface area (Å²) in [5, 5.41) is 8.83. The highest BCUT2D eigenvalue weighted by atomic mass is 16.2. The molecular weight excluding hydrogens is 248 g/mol. The maximum Gasteiger partial charge on any atom is 0.0431 e. The largest absolute Gasteiger partial charge is 0.396 e. The van der Waals surface area contributed by atoms with Crippen molar-refractivity contribution in [1.82, 2.24) is 9.80 Å². The van der Waals surface area contributed by atoms with Crippen LogP contribution < -0.4 is 0 Å². The fraction of sp³-hybridized carbons (Fsp3) is 1.00. The van der Waals surface area contributed by atoms with Gasteiger partial charge in [0, 0.05) is 25.7 Å². The minimum atomic E-state index is 0.357. The summed E-state index contributed by atoms with van der Waals surface area (Å²) in [4.78, 5) is 5.41. The summed E-state index contributed by atoms with van der Waals surface area (Å²) in [6.07, 6.45) is 10.5. The zero-order valence-corrected chi connectivity index (χ0v) is 13.4. The smallest absolute Gasteiger partial charge is 0.0431 e. The molecule has 0 saturated carbocycles. The number of piperidine rings is 2. The molecule has 0 spiro atoms. The summed E-state index contributed by atoms with van der Waals surface area (Å²) in [7, 11) is 0. The van der Waals surface area contributed by atoms with Gasteiger partial charge in [-0.3, -0.25) is 0 Å². The van der Waals surface area contributed by atoms with E-state index in [4.69, 9.17) is 5.11 Å². The highest BCUT2D eigenvalue weighted by Crippen LogP contribution is 2.23. The van der Waals surface area contributed by atoms with Crippen LogP contribution in [0.25, 0.3) is 0 Å². The molecule has 0 bridgehead atoms. The highest BCUT2D eigenvalue weighted by Gasteiger charge is 2.25. The van der Waals surface area contributed by atoms with Crippen LogP contribution in [0.2, 0.25) is 0 Å². The van der Waals surface area contributed by atoms with Gasteiger partial charge in [0.1, 0.15) is 0 Å². The van der Waals surface area contributed by atoms with Crippen LogP contribution in [0.1, 0.15) is 58.3 Å². The molecule has 0 unspecified atom stereocenters. The molecule has 0 aromatic carbocycles. The van der Waals surface area contributed by atoms with Gasteiger partial charge in [-0.15, -0.1) is 0 Å². The summed E-state index contributed by atoms with van der Waals surface area (Å²) in [6, 6.07) is 0.809. The topological polar surface area (TPSA) is 26.7 Å². The number of hydrogen-bond acceptors (Lipinski definition) is 3. The van der Waals surface area contributed by atoms with E-state index in [1.807, 2.05) is 0 Å². The predicted molar refractivity (Wildman–Crippen MR) is 85.0 cm³/mol. The Kier molecular flexibility index (Phi) is 7.32. The van der Waals surface area contributed by atoms with Crippen molar-refractivity contribution in [2.24, 2.45) is 5.92 Å². The van der Waals surface area contributed by atoms with Crippen molar-refractivity contribution in [3.8, 4) is 0 Å². The summed E-state index contributed by atoms with van der Waals surface area (Å²) in [5.74, 6) is 0.891. The number of likely N-dealkylation sites (tertiary alicyclic amines) is 2. The molecule has 0 aromatic rings. The highest BCUT2D eigenvalue weighted by molar-refractivity contribution is 4.80. The van der Waals surface area contributed by atoms with Crippen LogP contribution in [0.15, 0.2) is 0 Å². The van der Waals surface area contributed by atoms with E-state index >= 15 is 0 Å². The van der Waals surface area contributed by atoms with Gasteiger partial charge in [-0.1, -0.05) is 6.42 Å². The molecular formula is C17H34N2O. The molecule has 2 atom stereocenters. The average Bonchev–Trinajstić information content (AvgIpc) is 2.47. The summed E-state index contributed by atoms with van der Waals surface area (Å²) in [6.45, 7) is 9.27. The third-order valence-corrected chi connectivity index (χ3v) is 5.17. The van der Waals surface area contributed by atoms with Crippen molar-refractivity contribution in [3.63, 3.8) is 0 Å². The molecule has 0 amide bonds. The molecule has 0 radical (unpaired) electrons. The lowest BCUT2D eigenvalue weighted by Gasteiger charge is -2.39. The molecule has 2 aliphatic rings. The van der Waals surface area contributed by atoms with Crippen LogP contribution in [-0.4, -0.2) is 60.3 Å². The second-order valence-electron chi connectivity index (χ2n) is 6.93. The van der Waals surface area contributed by atoms with E-state index in [2.05, 4.69) is 16.7 Å². The van der Waals surface area contributed by atoms with Crippen molar-refractivity contribution >= 4 is 0 Å². The summed E-state index contributed by atoms with van der Waals surface area (Å²) < 4.78 is 0. The Hall–Kier alpha value is -0.120. The van der Waals surface area contributed by atoms with Crippen molar-refractivity contribution in [2.75, 3.05) is 39.3 Å². The maximum absolute atomic E-state index is 8.83. The average molecular weight is 282 g/mol. The SMILES string of the molecule is C[C@H]1CCCCN1C[C@H]1CCCN(CCCCCO)C1. The van der Waals surface area contributed by atoms with Crippen LogP contribution in [0, 0.1) is 5.92 Å². The molecule has 2 aliphatic heterocycles. The van der Waals surface area contributed by atoms with Crippen LogP contribution in [0.4, 0.5) is 0 Å². The van der Waals surface area contributed by atoms with Crippen LogP contribution in [0.5, 0.6) is 0 Å². The van der Waals surface area contributed by atoms with Crippen molar-refractivity contribution in [3.05, 3.63) is 0 Å². The Bertz CT molecular complexity index is 259. The lowest BCUT2D eigenvalue weighted by atomic mass is 9.94. The zero-order chi connectivity index (χ0) is 14.2. The minimum absolute atomic E-state index is 0.357. The van der Waals surface area contributed by atoms with Gasteiger partial charge in [0.15, 0.2) is 0 Å².